The molecule has 92 valence electrons. The molecule has 2 aromatic rings. The van der Waals surface area contributed by atoms with Gasteiger partial charge < -0.3 is 10.8 Å². The second kappa shape index (κ2) is 5.01. The van der Waals surface area contributed by atoms with Gasteiger partial charge in [0.2, 0.25) is 0 Å². The van der Waals surface area contributed by atoms with E-state index in [4.69, 9.17) is 10.8 Å². The minimum Gasteiger partial charge on any atom is -0.478 e. The number of anilines is 1. The Labute approximate surface area is 107 Å². The van der Waals surface area contributed by atoms with Gasteiger partial charge in [0.25, 0.3) is 0 Å². The van der Waals surface area contributed by atoms with E-state index in [1.807, 2.05) is 6.92 Å². The Hall–Kier alpha value is -2.15. The Morgan fingerprint density at radius 2 is 2.00 bits per heavy atom. The first kappa shape index (κ1) is 12.3. The van der Waals surface area contributed by atoms with Crippen molar-refractivity contribution in [1.29, 1.82) is 0 Å². The average molecular weight is 262 g/mol. The van der Waals surface area contributed by atoms with Crippen LogP contribution in [0.25, 0.3) is 0 Å². The van der Waals surface area contributed by atoms with Crippen LogP contribution >= 0.6 is 11.8 Å². The maximum Gasteiger partial charge on any atom is 0.337 e. The van der Waals surface area contributed by atoms with Gasteiger partial charge in [-0.15, -0.1) is 0 Å². The predicted molar refractivity (Wildman–Crippen MR) is 66.5 cm³/mol. The molecule has 0 aliphatic heterocycles. The van der Waals surface area contributed by atoms with Crippen molar-refractivity contribution >= 4 is 23.4 Å². The molecule has 0 atom stereocenters. The maximum atomic E-state index is 10.9. The molecule has 7 heteroatoms. The molecule has 0 amide bonds. The Morgan fingerprint density at radius 1 is 1.33 bits per heavy atom. The third kappa shape index (κ3) is 2.57. The van der Waals surface area contributed by atoms with E-state index in [0.717, 1.165) is 17.3 Å². The molecule has 2 aromatic heterocycles. The molecule has 0 aromatic carbocycles. The van der Waals surface area contributed by atoms with Crippen LogP contribution in [0.5, 0.6) is 0 Å². The standard InChI is InChI=1S/C11H10N4O2S/c1-6-4-14-11(15-5-6)18-9-8(12)7(10(16)17)2-3-13-9/h2-5H,12H2,1H3,(H,16,17). The molecule has 2 heterocycles. The van der Waals surface area contributed by atoms with Crippen molar-refractivity contribution < 1.29 is 9.90 Å². The van der Waals surface area contributed by atoms with E-state index < -0.39 is 5.97 Å². The van der Waals surface area contributed by atoms with Gasteiger partial charge in [0.15, 0.2) is 5.16 Å². The van der Waals surface area contributed by atoms with Gasteiger partial charge in [-0.3, -0.25) is 0 Å². The minimum absolute atomic E-state index is 0.0274. The van der Waals surface area contributed by atoms with Crippen LogP contribution in [0.15, 0.2) is 34.8 Å². The van der Waals surface area contributed by atoms with Gasteiger partial charge in [0.05, 0.1) is 11.3 Å². The number of rotatable bonds is 3. The summed E-state index contributed by atoms with van der Waals surface area (Å²) < 4.78 is 0. The summed E-state index contributed by atoms with van der Waals surface area (Å²) in [6, 6.07) is 1.36. The number of carboxylic acid groups (broad SMARTS) is 1. The predicted octanol–water partition coefficient (Wildman–Crippen LogP) is 1.61. The minimum atomic E-state index is -1.08. The molecular formula is C11H10N4O2S. The Bertz CT molecular complexity index is 586. The van der Waals surface area contributed by atoms with E-state index >= 15 is 0 Å². The Kier molecular flexibility index (Phi) is 3.42. The Balaban J connectivity index is 2.32. The molecule has 0 saturated carbocycles. The van der Waals surface area contributed by atoms with Crippen molar-refractivity contribution in [1.82, 2.24) is 15.0 Å². The van der Waals surface area contributed by atoms with Crippen LogP contribution in [-0.2, 0) is 0 Å². The van der Waals surface area contributed by atoms with Crippen molar-refractivity contribution in [2.24, 2.45) is 0 Å². The summed E-state index contributed by atoms with van der Waals surface area (Å²) in [5, 5.41) is 9.81. The molecule has 18 heavy (non-hydrogen) atoms. The number of hydrogen-bond acceptors (Lipinski definition) is 6. The molecule has 0 unspecified atom stereocenters. The first-order valence-electron chi connectivity index (χ1n) is 5.02. The highest BCUT2D eigenvalue weighted by molar-refractivity contribution is 7.99. The second-order valence-corrected chi connectivity index (χ2v) is 4.48. The highest BCUT2D eigenvalue weighted by atomic mass is 32.2. The second-order valence-electron chi connectivity index (χ2n) is 3.53. The third-order valence-corrected chi connectivity index (χ3v) is 3.04. The fourth-order valence-corrected chi connectivity index (χ4v) is 1.96. The van der Waals surface area contributed by atoms with Crippen molar-refractivity contribution in [3.8, 4) is 0 Å². The number of aromatic nitrogens is 3. The van der Waals surface area contributed by atoms with E-state index in [2.05, 4.69) is 15.0 Å². The number of nitrogens with two attached hydrogens (primary N) is 1. The zero-order chi connectivity index (χ0) is 13.1. The fourth-order valence-electron chi connectivity index (χ4n) is 1.24. The molecule has 0 fully saturated rings. The van der Waals surface area contributed by atoms with Crippen LogP contribution in [0.1, 0.15) is 15.9 Å². The highest BCUT2D eigenvalue weighted by Gasteiger charge is 2.13. The van der Waals surface area contributed by atoms with Gasteiger partial charge in [-0.05, 0) is 30.3 Å². The highest BCUT2D eigenvalue weighted by Crippen LogP contribution is 2.29. The summed E-state index contributed by atoms with van der Waals surface area (Å²) in [5.41, 5.74) is 6.84. The van der Waals surface area contributed by atoms with E-state index in [0.29, 0.717) is 10.2 Å². The quantitative estimate of drug-likeness (QED) is 0.810. The number of carbonyl (C=O) groups is 1. The normalized spacial score (nSPS) is 10.3. The summed E-state index contributed by atoms with van der Waals surface area (Å²) in [5.74, 6) is -1.08. The molecule has 0 aliphatic rings. The number of nitrogen functional groups attached to an aromatic ring is 1. The lowest BCUT2D eigenvalue weighted by Crippen LogP contribution is -2.04. The van der Waals surface area contributed by atoms with Crippen molar-refractivity contribution in [3.05, 3.63) is 35.8 Å². The lowest BCUT2D eigenvalue weighted by Gasteiger charge is -2.05. The number of aryl methyl sites for hydroxylation is 1. The molecule has 0 bridgehead atoms. The number of hydrogen-bond donors (Lipinski definition) is 2. The van der Waals surface area contributed by atoms with E-state index in [1.54, 1.807) is 12.4 Å². The molecule has 0 spiro atoms. The lowest BCUT2D eigenvalue weighted by atomic mass is 10.2. The average Bonchev–Trinajstić information content (AvgIpc) is 2.34. The van der Waals surface area contributed by atoms with Gasteiger partial charge in [0, 0.05) is 18.6 Å². The molecule has 3 N–H and O–H groups in total. The lowest BCUT2D eigenvalue weighted by molar-refractivity contribution is 0.0697. The molecule has 6 nitrogen and oxygen atoms in total. The monoisotopic (exact) mass is 262 g/mol. The van der Waals surface area contributed by atoms with Gasteiger partial charge in [-0.2, -0.15) is 0 Å². The van der Waals surface area contributed by atoms with Gasteiger partial charge >= 0.3 is 5.97 Å². The zero-order valence-electron chi connectivity index (χ0n) is 9.49. The summed E-state index contributed by atoms with van der Waals surface area (Å²) in [6.07, 6.45) is 4.75. The van der Waals surface area contributed by atoms with E-state index in [1.165, 1.54) is 12.3 Å². The molecule has 2 rings (SSSR count). The number of aromatic carboxylic acids is 1. The zero-order valence-corrected chi connectivity index (χ0v) is 10.3. The van der Waals surface area contributed by atoms with Crippen LogP contribution in [0.2, 0.25) is 0 Å². The maximum absolute atomic E-state index is 10.9. The van der Waals surface area contributed by atoms with Crippen LogP contribution in [-0.4, -0.2) is 26.0 Å². The van der Waals surface area contributed by atoms with E-state index in [-0.39, 0.29) is 11.3 Å². The van der Waals surface area contributed by atoms with Gasteiger partial charge in [0.1, 0.15) is 5.03 Å². The number of pyridine rings is 1. The molecule has 0 radical (unpaired) electrons. The molecule has 0 saturated heterocycles. The van der Waals surface area contributed by atoms with Crippen LogP contribution in [0.4, 0.5) is 5.69 Å². The first-order valence-corrected chi connectivity index (χ1v) is 5.84. The van der Waals surface area contributed by atoms with Crippen LogP contribution in [0, 0.1) is 6.92 Å². The largest absolute Gasteiger partial charge is 0.478 e. The number of nitrogens with zero attached hydrogens (tertiary/aromatic N) is 3. The third-order valence-electron chi connectivity index (χ3n) is 2.13. The summed E-state index contributed by atoms with van der Waals surface area (Å²) in [7, 11) is 0. The van der Waals surface area contributed by atoms with Gasteiger partial charge in [-0.25, -0.2) is 19.7 Å². The Morgan fingerprint density at radius 3 is 2.61 bits per heavy atom. The van der Waals surface area contributed by atoms with Gasteiger partial charge in [-0.1, -0.05) is 0 Å². The smallest absolute Gasteiger partial charge is 0.337 e. The van der Waals surface area contributed by atoms with Crippen LogP contribution < -0.4 is 5.73 Å². The number of carboxylic acids is 1. The summed E-state index contributed by atoms with van der Waals surface area (Å²) in [4.78, 5) is 23.2. The topological polar surface area (TPSA) is 102 Å². The molecule has 0 aliphatic carbocycles. The summed E-state index contributed by atoms with van der Waals surface area (Å²) in [6.45, 7) is 1.88. The SMILES string of the molecule is Cc1cnc(Sc2nccc(C(=O)O)c2N)nc1. The van der Waals surface area contributed by atoms with Crippen LogP contribution in [0.3, 0.4) is 0 Å². The fraction of sp³-hybridized carbons (Fsp3) is 0.0909. The van der Waals surface area contributed by atoms with E-state index in [9.17, 15) is 4.79 Å². The summed E-state index contributed by atoms with van der Waals surface area (Å²) >= 11 is 1.13. The van der Waals surface area contributed by atoms with Crippen molar-refractivity contribution in [2.45, 2.75) is 17.1 Å². The first-order chi connectivity index (χ1) is 8.58. The van der Waals surface area contributed by atoms with Crippen molar-refractivity contribution in [2.75, 3.05) is 5.73 Å². The van der Waals surface area contributed by atoms with Crippen molar-refractivity contribution in [3.63, 3.8) is 0 Å². The molecular weight excluding hydrogens is 252 g/mol.